The zero-order valence-corrected chi connectivity index (χ0v) is 66.1. The molecule has 24 aromatic rings. The van der Waals surface area contributed by atoms with E-state index in [2.05, 4.69) is 325 Å². The lowest BCUT2D eigenvalue weighted by molar-refractivity contribution is 1.07. The standard InChI is InChI=1S/2C57H36N4/c1-3-13-38(14-4-1)55-58-56(39-15-5-2-6-16-39)60-57(59-55)40-26-30-47(31-27-40)61-52-21-10-9-19-51(52)54-50-32-28-44(36-46(50)29-33-53(54)61)41-22-23-43-35-45(25-24-42(43)34-41)49-20-11-17-37-12-7-8-18-48(37)49;1-3-12-39(13-4-1)55-58-56(40-14-5-2-6-15-40)60-57(59-55)41-27-30-49(31-28-41)61-52-18-10-9-17-50(52)54-51-36-48(22-20-38(51)29-32-53(54)61)47-26-25-45-34-44(23-24-46(45)35-47)43-21-19-37-11-7-8-16-42(37)33-43/h2*1-36H. The Morgan fingerprint density at radius 1 is 0.139 bits per heavy atom. The van der Waals surface area contributed by atoms with E-state index in [0.29, 0.717) is 34.9 Å². The van der Waals surface area contributed by atoms with Crippen LogP contribution in [-0.4, -0.2) is 39.0 Å². The van der Waals surface area contributed by atoms with E-state index < -0.39 is 0 Å². The minimum absolute atomic E-state index is 0.638. The topological polar surface area (TPSA) is 87.2 Å². The molecule has 4 heterocycles. The van der Waals surface area contributed by atoms with Gasteiger partial charge in [-0.1, -0.05) is 322 Å². The number of hydrogen-bond acceptors (Lipinski definition) is 6. The molecule has 122 heavy (non-hydrogen) atoms. The highest BCUT2D eigenvalue weighted by atomic mass is 15.0. The predicted molar refractivity (Wildman–Crippen MR) is 508 cm³/mol. The van der Waals surface area contributed by atoms with Gasteiger partial charge in [-0.3, -0.25) is 0 Å². The zero-order chi connectivity index (χ0) is 80.6. The molecule has 0 aliphatic heterocycles. The molecule has 4 aromatic heterocycles. The molecule has 0 aliphatic carbocycles. The summed E-state index contributed by atoms with van der Waals surface area (Å²) in [6.07, 6.45) is 0. The molecule has 0 saturated carbocycles. The van der Waals surface area contributed by atoms with Crippen molar-refractivity contribution in [1.29, 1.82) is 0 Å². The molecule has 0 saturated heterocycles. The molecular weight excluding hydrogens is 1480 g/mol. The Morgan fingerprint density at radius 3 is 0.869 bits per heavy atom. The fourth-order valence-electron chi connectivity index (χ4n) is 17.9. The average molecular weight is 1550 g/mol. The molecular formula is C114H72N8. The lowest BCUT2D eigenvalue weighted by Crippen LogP contribution is -2.00. The van der Waals surface area contributed by atoms with Crippen LogP contribution in [0.25, 0.3) is 232 Å². The summed E-state index contributed by atoms with van der Waals surface area (Å²) in [5, 5.41) is 19.8. The maximum Gasteiger partial charge on any atom is 0.164 e. The Balaban J connectivity index is 0.000000142. The predicted octanol–water partition coefficient (Wildman–Crippen LogP) is 29.5. The van der Waals surface area contributed by atoms with Gasteiger partial charge in [0.1, 0.15) is 0 Å². The Morgan fingerprint density at radius 2 is 0.418 bits per heavy atom. The number of para-hydroxylation sites is 2. The molecule has 24 rings (SSSR count). The number of rotatable bonds is 12. The fourth-order valence-corrected chi connectivity index (χ4v) is 17.9. The highest BCUT2D eigenvalue weighted by Crippen LogP contribution is 2.44. The average Bonchev–Trinajstić information content (AvgIpc) is 1.57. The highest BCUT2D eigenvalue weighted by molar-refractivity contribution is 6.23. The third kappa shape index (κ3) is 12.9. The van der Waals surface area contributed by atoms with E-state index in [1.54, 1.807) is 0 Å². The van der Waals surface area contributed by atoms with Gasteiger partial charge in [0.2, 0.25) is 0 Å². The van der Waals surface area contributed by atoms with E-state index in [1.165, 1.54) is 136 Å². The van der Waals surface area contributed by atoms with Gasteiger partial charge in [-0.25, -0.2) is 29.9 Å². The fraction of sp³-hybridized carbons (Fsp3) is 0. The van der Waals surface area contributed by atoms with Crippen molar-refractivity contribution in [2.45, 2.75) is 0 Å². The van der Waals surface area contributed by atoms with Crippen LogP contribution < -0.4 is 0 Å². The molecule has 8 nitrogen and oxygen atoms in total. The quantitative estimate of drug-likeness (QED) is 0.121. The smallest absolute Gasteiger partial charge is 0.164 e. The number of fused-ring (bicyclic) bond motifs is 14. The van der Waals surface area contributed by atoms with Crippen molar-refractivity contribution < 1.29 is 0 Å². The van der Waals surface area contributed by atoms with Crippen molar-refractivity contribution in [3.63, 3.8) is 0 Å². The normalized spacial score (nSPS) is 11.6. The van der Waals surface area contributed by atoms with Crippen molar-refractivity contribution >= 4 is 108 Å². The van der Waals surface area contributed by atoms with Crippen LogP contribution in [0, 0.1) is 0 Å². The van der Waals surface area contributed by atoms with E-state index >= 15 is 0 Å². The molecule has 0 fully saturated rings. The maximum absolute atomic E-state index is 4.97. The lowest BCUT2D eigenvalue weighted by Gasteiger charge is -2.11. The Hall–Kier alpha value is -16.4. The van der Waals surface area contributed by atoms with Gasteiger partial charge in [0.15, 0.2) is 34.9 Å². The van der Waals surface area contributed by atoms with Crippen LogP contribution in [0.1, 0.15) is 0 Å². The third-order valence-corrected chi connectivity index (χ3v) is 24.0. The summed E-state index contributed by atoms with van der Waals surface area (Å²) >= 11 is 0. The molecule has 0 spiro atoms. The Kier molecular flexibility index (Phi) is 17.4. The molecule has 0 atom stereocenters. The largest absolute Gasteiger partial charge is 0.309 e. The first-order chi connectivity index (χ1) is 60.4. The van der Waals surface area contributed by atoms with E-state index in [0.717, 1.165) is 61.3 Å². The molecule has 0 N–H and O–H groups in total. The molecule has 0 bridgehead atoms. The van der Waals surface area contributed by atoms with Crippen molar-refractivity contribution in [3.8, 4) is 124 Å². The summed E-state index contributed by atoms with van der Waals surface area (Å²) in [6, 6.07) is 156. The first kappa shape index (κ1) is 70.9. The maximum atomic E-state index is 4.97. The van der Waals surface area contributed by atoms with Gasteiger partial charge in [-0.05, 0) is 224 Å². The van der Waals surface area contributed by atoms with E-state index in [9.17, 15) is 0 Å². The van der Waals surface area contributed by atoms with Crippen LogP contribution in [0.2, 0.25) is 0 Å². The van der Waals surface area contributed by atoms with Crippen molar-refractivity contribution in [2.75, 3.05) is 0 Å². The van der Waals surface area contributed by atoms with E-state index in [-0.39, 0.29) is 0 Å². The minimum atomic E-state index is 0.638. The van der Waals surface area contributed by atoms with Crippen LogP contribution in [-0.2, 0) is 0 Å². The number of nitrogens with zero attached hydrogens (tertiary/aromatic N) is 8. The highest BCUT2D eigenvalue weighted by Gasteiger charge is 2.22. The third-order valence-electron chi connectivity index (χ3n) is 24.0. The van der Waals surface area contributed by atoms with Gasteiger partial charge < -0.3 is 9.13 Å². The van der Waals surface area contributed by atoms with Gasteiger partial charge in [0, 0.05) is 66.3 Å². The minimum Gasteiger partial charge on any atom is -0.309 e. The molecule has 0 amide bonds. The van der Waals surface area contributed by atoms with Gasteiger partial charge in [0.05, 0.1) is 22.1 Å². The molecule has 568 valence electrons. The Labute approximate surface area is 703 Å². The SMILES string of the molecule is c1ccc(-c2nc(-c3ccccc3)nc(-c3ccc(-n4c5ccccc5c5c6cc(-c7ccc8cc(-c9ccc%10ccccc%10c9)ccc8c7)ccc6ccc54)cc3)n2)cc1.c1ccc(-c2nc(-c3ccccc3)nc(-c3ccc(-n4c5ccccc5c5c6ccc(-c7ccc8cc(-c9cccc%10ccccc9%10)ccc8c7)cc6ccc54)cc3)n2)cc1. The summed E-state index contributed by atoms with van der Waals surface area (Å²) in [5.41, 5.74) is 22.2. The van der Waals surface area contributed by atoms with Crippen LogP contribution in [0.3, 0.4) is 0 Å². The van der Waals surface area contributed by atoms with Crippen molar-refractivity contribution in [1.82, 2.24) is 39.0 Å². The zero-order valence-electron chi connectivity index (χ0n) is 66.1. The van der Waals surface area contributed by atoms with Gasteiger partial charge in [-0.2, -0.15) is 0 Å². The second-order valence-corrected chi connectivity index (χ2v) is 31.3. The second-order valence-electron chi connectivity index (χ2n) is 31.3. The molecule has 0 unspecified atom stereocenters. The summed E-state index contributed by atoms with van der Waals surface area (Å²) in [4.78, 5) is 29.6. The van der Waals surface area contributed by atoms with Crippen molar-refractivity contribution in [3.05, 3.63) is 437 Å². The first-order valence-corrected chi connectivity index (χ1v) is 41.4. The first-order valence-electron chi connectivity index (χ1n) is 41.4. The van der Waals surface area contributed by atoms with Crippen LogP contribution in [0.15, 0.2) is 437 Å². The molecule has 0 radical (unpaired) electrons. The van der Waals surface area contributed by atoms with Crippen LogP contribution in [0.5, 0.6) is 0 Å². The van der Waals surface area contributed by atoms with E-state index in [4.69, 9.17) is 29.9 Å². The summed E-state index contributed by atoms with van der Waals surface area (Å²) < 4.78 is 4.75. The lowest BCUT2D eigenvalue weighted by atomic mass is 9.94. The summed E-state index contributed by atoms with van der Waals surface area (Å²) in [5.74, 6) is 3.88. The second kappa shape index (κ2) is 29.9. The molecule has 8 heteroatoms. The van der Waals surface area contributed by atoms with Gasteiger partial charge >= 0.3 is 0 Å². The van der Waals surface area contributed by atoms with Crippen LogP contribution >= 0.6 is 0 Å². The van der Waals surface area contributed by atoms with Gasteiger partial charge in [-0.15, -0.1) is 0 Å². The summed E-state index contributed by atoms with van der Waals surface area (Å²) in [6.45, 7) is 0. The van der Waals surface area contributed by atoms with Gasteiger partial charge in [0.25, 0.3) is 0 Å². The monoisotopic (exact) mass is 1550 g/mol. The van der Waals surface area contributed by atoms with Crippen LogP contribution in [0.4, 0.5) is 0 Å². The Bertz CT molecular complexity index is 8110. The van der Waals surface area contributed by atoms with Crippen molar-refractivity contribution in [2.24, 2.45) is 0 Å². The van der Waals surface area contributed by atoms with E-state index in [1.807, 2.05) is 121 Å². The number of hydrogen-bond donors (Lipinski definition) is 0. The molecule has 20 aromatic carbocycles. The number of benzene rings is 20. The number of aromatic nitrogens is 8. The molecule has 0 aliphatic rings. The summed E-state index contributed by atoms with van der Waals surface area (Å²) in [7, 11) is 0.